The fraction of sp³-hybridized carbons (Fsp3) is 0.190. The number of aryl methyl sites for hydroxylation is 1. The van der Waals surface area contributed by atoms with Crippen molar-refractivity contribution in [2.75, 3.05) is 11.4 Å². The summed E-state index contributed by atoms with van der Waals surface area (Å²) < 4.78 is 3.09. The van der Waals surface area contributed by atoms with Crippen molar-refractivity contribution in [1.29, 1.82) is 0 Å². The average molecular weight is 427 g/mol. The van der Waals surface area contributed by atoms with Gasteiger partial charge in [0.05, 0.1) is 16.8 Å². The highest BCUT2D eigenvalue weighted by Crippen LogP contribution is 2.46. The summed E-state index contributed by atoms with van der Waals surface area (Å²) in [5.74, 6) is -1.93. The fourth-order valence-corrected chi connectivity index (χ4v) is 5.62. The van der Waals surface area contributed by atoms with E-state index in [2.05, 4.69) is 0 Å². The number of hydrogen-bond donors (Lipinski definition) is 1. The highest BCUT2D eigenvalue weighted by Gasteiger charge is 2.27. The van der Waals surface area contributed by atoms with Gasteiger partial charge < -0.3 is 19.9 Å². The minimum Gasteiger partial charge on any atom is -0.550 e. The molecule has 0 saturated carbocycles. The average Bonchev–Trinajstić information content (AvgIpc) is 3.22. The number of aromatic nitrogens is 1. The number of anilines is 1. The smallest absolute Gasteiger partial charge is 0.309 e. The Hall–Kier alpha value is -2.84. The second-order valence-electron chi connectivity index (χ2n) is 6.53. The molecule has 0 atom stereocenters. The standard InChI is InChI=1S/C21H18N2O4S2/c24-20(25)9-11-22-14-5-1-3-7-16(14)28-18(22)13-19-23(12-10-21(26)27)15-6-2-4-8-17(15)29-19/h1-8,13H,9-12H2,(H-,24,25,26,27). The number of hydrogen-bond acceptors (Lipinski definition) is 6. The summed E-state index contributed by atoms with van der Waals surface area (Å²) in [6, 6.07) is 15.8. The minimum absolute atomic E-state index is 0.0311. The Kier molecular flexibility index (Phi) is 5.55. The molecule has 0 unspecified atom stereocenters. The first-order valence-electron chi connectivity index (χ1n) is 9.12. The number of carbonyl (C=O) groups excluding carboxylic acids is 1. The predicted octanol–water partition coefficient (Wildman–Crippen LogP) is 2.71. The van der Waals surface area contributed by atoms with Gasteiger partial charge in [-0.25, -0.2) is 0 Å². The van der Waals surface area contributed by atoms with Crippen molar-refractivity contribution in [2.24, 2.45) is 0 Å². The van der Waals surface area contributed by atoms with E-state index in [-0.39, 0.29) is 12.8 Å². The van der Waals surface area contributed by atoms with Crippen molar-refractivity contribution in [2.45, 2.75) is 24.3 Å². The number of nitrogens with zero attached hydrogens (tertiary/aromatic N) is 2. The Balaban J connectivity index is 1.76. The van der Waals surface area contributed by atoms with Gasteiger partial charge in [0.1, 0.15) is 11.1 Å². The summed E-state index contributed by atoms with van der Waals surface area (Å²) in [6.07, 6.45) is 1.98. The molecule has 8 heteroatoms. The number of carboxylic acid groups (broad SMARTS) is 2. The van der Waals surface area contributed by atoms with E-state index < -0.39 is 11.9 Å². The second-order valence-corrected chi connectivity index (χ2v) is 8.65. The summed E-state index contributed by atoms with van der Waals surface area (Å²) >= 11 is 3.18. The number of para-hydroxylation sites is 2. The van der Waals surface area contributed by atoms with Crippen molar-refractivity contribution >= 4 is 57.0 Å². The van der Waals surface area contributed by atoms with Crippen LogP contribution in [-0.4, -0.2) is 23.6 Å². The lowest BCUT2D eigenvalue weighted by atomic mass is 10.2. The largest absolute Gasteiger partial charge is 0.550 e. The summed E-state index contributed by atoms with van der Waals surface area (Å²) in [5, 5.41) is 22.0. The van der Waals surface area contributed by atoms with E-state index in [9.17, 15) is 14.7 Å². The van der Waals surface area contributed by atoms with Gasteiger partial charge in [-0.05, 0) is 18.2 Å². The molecule has 0 radical (unpaired) electrons. The van der Waals surface area contributed by atoms with Crippen molar-refractivity contribution in [3.8, 4) is 0 Å². The van der Waals surface area contributed by atoms with Gasteiger partial charge in [-0.15, -0.1) is 0 Å². The van der Waals surface area contributed by atoms with Crippen LogP contribution in [0.25, 0.3) is 16.3 Å². The van der Waals surface area contributed by atoms with E-state index in [4.69, 9.17) is 5.11 Å². The molecule has 1 aliphatic heterocycles. The first kappa shape index (κ1) is 19.5. The Morgan fingerprint density at radius 3 is 2.66 bits per heavy atom. The molecule has 29 heavy (non-hydrogen) atoms. The predicted molar refractivity (Wildman–Crippen MR) is 112 cm³/mol. The maximum Gasteiger partial charge on any atom is 0.309 e. The van der Waals surface area contributed by atoms with Gasteiger partial charge in [0, 0.05) is 29.9 Å². The van der Waals surface area contributed by atoms with Gasteiger partial charge >= 0.3 is 5.97 Å². The van der Waals surface area contributed by atoms with Gasteiger partial charge in [-0.2, -0.15) is 4.57 Å². The van der Waals surface area contributed by atoms with Crippen LogP contribution in [0.5, 0.6) is 0 Å². The molecule has 0 fully saturated rings. The number of carboxylic acids is 2. The lowest BCUT2D eigenvalue weighted by Gasteiger charge is -2.20. The zero-order valence-corrected chi connectivity index (χ0v) is 17.0. The molecule has 2 aromatic carbocycles. The maximum absolute atomic E-state index is 11.1. The van der Waals surface area contributed by atoms with E-state index >= 15 is 0 Å². The molecular weight excluding hydrogens is 408 g/mol. The van der Waals surface area contributed by atoms with Crippen molar-refractivity contribution in [3.05, 3.63) is 58.6 Å². The summed E-state index contributed by atoms with van der Waals surface area (Å²) in [4.78, 5) is 25.2. The Morgan fingerprint density at radius 2 is 1.86 bits per heavy atom. The van der Waals surface area contributed by atoms with Gasteiger partial charge in [0.25, 0.3) is 5.01 Å². The molecule has 1 N–H and O–H groups in total. The first-order valence-corrected chi connectivity index (χ1v) is 10.8. The van der Waals surface area contributed by atoms with Crippen molar-refractivity contribution < 1.29 is 24.4 Å². The van der Waals surface area contributed by atoms with E-state index in [0.717, 1.165) is 30.8 Å². The van der Waals surface area contributed by atoms with Gasteiger partial charge in [0.15, 0.2) is 6.54 Å². The Labute approximate surface area is 175 Å². The Bertz CT molecular complexity index is 1120. The van der Waals surface area contributed by atoms with E-state index in [1.165, 1.54) is 0 Å². The van der Waals surface area contributed by atoms with Crippen LogP contribution < -0.4 is 14.6 Å². The summed E-state index contributed by atoms with van der Waals surface area (Å²) in [7, 11) is 0. The lowest BCUT2D eigenvalue weighted by molar-refractivity contribution is -0.667. The van der Waals surface area contributed by atoms with E-state index in [1.54, 1.807) is 23.1 Å². The third-order valence-corrected chi connectivity index (χ3v) is 6.83. The minimum atomic E-state index is -1.09. The molecule has 1 aliphatic rings. The number of carbonyl (C=O) groups is 2. The number of rotatable bonds is 7. The van der Waals surface area contributed by atoms with E-state index in [1.807, 2.05) is 64.1 Å². The second kappa shape index (κ2) is 8.26. The fourth-order valence-electron chi connectivity index (χ4n) is 3.30. The molecule has 0 amide bonds. The quantitative estimate of drug-likeness (QED) is 0.585. The number of aliphatic carboxylic acids is 2. The molecule has 0 saturated heterocycles. The number of thioether (sulfide) groups is 1. The molecular formula is C21H18N2O4S2. The molecule has 148 valence electrons. The normalized spacial score (nSPS) is 14.5. The monoisotopic (exact) mass is 426 g/mol. The Morgan fingerprint density at radius 1 is 1.10 bits per heavy atom. The molecule has 6 nitrogen and oxygen atoms in total. The highest BCUT2D eigenvalue weighted by molar-refractivity contribution is 8.03. The third kappa shape index (κ3) is 4.13. The number of fused-ring (bicyclic) bond motifs is 2. The first-order chi connectivity index (χ1) is 14.0. The van der Waals surface area contributed by atoms with Crippen LogP contribution in [0.2, 0.25) is 0 Å². The zero-order chi connectivity index (χ0) is 20.4. The molecule has 4 rings (SSSR count). The van der Waals surface area contributed by atoms with Crippen LogP contribution in [0.4, 0.5) is 5.69 Å². The summed E-state index contributed by atoms with van der Waals surface area (Å²) in [6.45, 7) is 0.688. The van der Waals surface area contributed by atoms with Crippen LogP contribution in [0, 0.1) is 0 Å². The van der Waals surface area contributed by atoms with E-state index in [0.29, 0.717) is 13.1 Å². The van der Waals surface area contributed by atoms with Crippen LogP contribution >= 0.6 is 23.1 Å². The van der Waals surface area contributed by atoms with Gasteiger partial charge in [0.2, 0.25) is 5.52 Å². The number of thiazole rings is 1. The molecule has 1 aromatic heterocycles. The van der Waals surface area contributed by atoms with Crippen LogP contribution in [0.15, 0.2) is 58.5 Å². The maximum atomic E-state index is 11.1. The third-order valence-electron chi connectivity index (χ3n) is 4.61. The molecule has 0 spiro atoms. The molecule has 0 bridgehead atoms. The SMILES string of the molecule is O=C([O-])CCN1/C(=C/c2sc3ccccc3[n+]2CCC(=O)O)Sc2ccccc21. The lowest BCUT2D eigenvalue weighted by Crippen LogP contribution is -2.36. The molecule has 2 heterocycles. The van der Waals surface area contributed by atoms with Gasteiger partial charge in [-0.1, -0.05) is 47.4 Å². The molecule has 3 aromatic rings. The zero-order valence-electron chi connectivity index (χ0n) is 15.4. The van der Waals surface area contributed by atoms with Gasteiger partial charge in [-0.3, -0.25) is 4.79 Å². The van der Waals surface area contributed by atoms with Crippen molar-refractivity contribution in [1.82, 2.24) is 0 Å². The molecule has 0 aliphatic carbocycles. The van der Waals surface area contributed by atoms with Crippen molar-refractivity contribution in [3.63, 3.8) is 0 Å². The van der Waals surface area contributed by atoms with Crippen LogP contribution in [0.1, 0.15) is 17.8 Å². The summed E-state index contributed by atoms with van der Waals surface area (Å²) in [5.41, 5.74) is 1.97. The number of benzene rings is 2. The van der Waals surface area contributed by atoms with Crippen LogP contribution in [0.3, 0.4) is 0 Å². The highest BCUT2D eigenvalue weighted by atomic mass is 32.2. The van der Waals surface area contributed by atoms with Crippen LogP contribution in [-0.2, 0) is 16.1 Å². The topological polar surface area (TPSA) is 84.5 Å².